The highest BCUT2D eigenvalue weighted by Gasteiger charge is 2.14. The first-order valence-corrected chi connectivity index (χ1v) is 8.46. The van der Waals surface area contributed by atoms with E-state index in [1.165, 1.54) is 10.9 Å². The number of benzene rings is 2. The SMILES string of the molecule is Cn1ccc2ccc(-c3cc(-c4ccccc4)c4c(N)n[nH]c4n3)cc21. The van der Waals surface area contributed by atoms with Crippen molar-refractivity contribution in [1.82, 2.24) is 19.7 Å². The summed E-state index contributed by atoms with van der Waals surface area (Å²) in [4.78, 5) is 4.77. The first kappa shape index (κ1) is 14.7. The minimum atomic E-state index is 0.468. The molecule has 0 spiro atoms. The second kappa shape index (κ2) is 5.46. The van der Waals surface area contributed by atoms with Crippen LogP contribution in [-0.2, 0) is 7.05 Å². The molecule has 0 radical (unpaired) electrons. The van der Waals surface area contributed by atoms with E-state index in [-0.39, 0.29) is 0 Å². The number of aromatic amines is 1. The van der Waals surface area contributed by atoms with Gasteiger partial charge in [0.15, 0.2) is 11.5 Å². The van der Waals surface area contributed by atoms with Crippen LogP contribution >= 0.6 is 0 Å². The predicted octanol–water partition coefficient (Wildman–Crippen LogP) is 4.37. The van der Waals surface area contributed by atoms with Crippen molar-refractivity contribution in [2.45, 2.75) is 0 Å². The molecule has 3 heterocycles. The number of hydrogen-bond acceptors (Lipinski definition) is 3. The summed E-state index contributed by atoms with van der Waals surface area (Å²) in [5.41, 5.74) is 12.0. The van der Waals surface area contributed by atoms with Gasteiger partial charge in [0, 0.05) is 24.3 Å². The molecule has 3 N–H and O–H groups in total. The van der Waals surface area contributed by atoms with Crippen LogP contribution in [0.25, 0.3) is 44.3 Å². The lowest BCUT2D eigenvalue weighted by Gasteiger charge is -2.08. The Kier molecular flexibility index (Phi) is 3.09. The Bertz CT molecular complexity index is 1250. The largest absolute Gasteiger partial charge is 0.382 e. The van der Waals surface area contributed by atoms with E-state index in [0.29, 0.717) is 11.5 Å². The Labute approximate surface area is 150 Å². The van der Waals surface area contributed by atoms with E-state index in [2.05, 4.69) is 63.4 Å². The molecule has 0 bridgehead atoms. The number of nitrogens with two attached hydrogens (primary N) is 1. The van der Waals surface area contributed by atoms with Crippen molar-refractivity contribution in [2.24, 2.45) is 7.05 Å². The zero-order chi connectivity index (χ0) is 17.7. The number of nitrogens with zero attached hydrogens (tertiary/aromatic N) is 3. The second-order valence-corrected chi connectivity index (χ2v) is 6.45. The van der Waals surface area contributed by atoms with E-state index >= 15 is 0 Å². The summed E-state index contributed by atoms with van der Waals surface area (Å²) in [5, 5.41) is 9.19. The summed E-state index contributed by atoms with van der Waals surface area (Å²) < 4.78 is 2.11. The van der Waals surface area contributed by atoms with Crippen LogP contribution < -0.4 is 5.73 Å². The Hall–Kier alpha value is -3.60. The van der Waals surface area contributed by atoms with Crippen molar-refractivity contribution in [1.29, 1.82) is 0 Å². The minimum absolute atomic E-state index is 0.468. The molecular formula is C21H17N5. The third-order valence-corrected chi connectivity index (χ3v) is 4.83. The summed E-state index contributed by atoms with van der Waals surface area (Å²) in [7, 11) is 2.05. The molecule has 0 aliphatic heterocycles. The quantitative estimate of drug-likeness (QED) is 0.502. The average molecular weight is 339 g/mol. The molecule has 26 heavy (non-hydrogen) atoms. The van der Waals surface area contributed by atoms with E-state index in [4.69, 9.17) is 10.7 Å². The molecule has 5 aromatic rings. The number of nitrogens with one attached hydrogen (secondary N) is 1. The third kappa shape index (κ3) is 2.18. The van der Waals surface area contributed by atoms with Crippen molar-refractivity contribution < 1.29 is 0 Å². The molecular weight excluding hydrogens is 322 g/mol. The van der Waals surface area contributed by atoms with Crippen molar-refractivity contribution in [3.05, 3.63) is 66.9 Å². The van der Waals surface area contributed by atoms with Crippen LogP contribution in [0.15, 0.2) is 66.9 Å². The molecule has 5 nitrogen and oxygen atoms in total. The predicted molar refractivity (Wildman–Crippen MR) is 106 cm³/mol. The normalized spacial score (nSPS) is 11.4. The van der Waals surface area contributed by atoms with Gasteiger partial charge in [-0.2, -0.15) is 5.10 Å². The van der Waals surface area contributed by atoms with Crippen LogP contribution in [0.4, 0.5) is 5.82 Å². The maximum Gasteiger partial charge on any atom is 0.158 e. The molecule has 0 amide bonds. The molecule has 0 atom stereocenters. The Morgan fingerprint density at radius 1 is 0.962 bits per heavy atom. The lowest BCUT2D eigenvalue weighted by molar-refractivity contribution is 0.969. The van der Waals surface area contributed by atoms with Crippen molar-refractivity contribution in [3.63, 3.8) is 0 Å². The van der Waals surface area contributed by atoms with Gasteiger partial charge in [-0.05, 0) is 34.7 Å². The van der Waals surface area contributed by atoms with Crippen LogP contribution in [-0.4, -0.2) is 19.7 Å². The highest BCUT2D eigenvalue weighted by atomic mass is 15.2. The van der Waals surface area contributed by atoms with Gasteiger partial charge in [0.05, 0.1) is 11.1 Å². The number of nitrogen functional groups attached to an aromatic ring is 1. The molecule has 126 valence electrons. The van der Waals surface area contributed by atoms with Crippen molar-refractivity contribution in [2.75, 3.05) is 5.73 Å². The number of pyridine rings is 1. The molecule has 5 rings (SSSR count). The number of hydrogen-bond donors (Lipinski definition) is 2. The monoisotopic (exact) mass is 339 g/mol. The lowest BCUT2D eigenvalue weighted by atomic mass is 10.00. The fraction of sp³-hybridized carbons (Fsp3) is 0.0476. The number of anilines is 1. The van der Waals surface area contributed by atoms with E-state index in [1.807, 2.05) is 25.2 Å². The average Bonchev–Trinajstić information content (AvgIpc) is 3.25. The Morgan fingerprint density at radius 3 is 2.65 bits per heavy atom. The van der Waals surface area contributed by atoms with Crippen molar-refractivity contribution >= 4 is 27.8 Å². The molecule has 0 fully saturated rings. The lowest BCUT2D eigenvalue weighted by Crippen LogP contribution is -1.92. The van der Waals surface area contributed by atoms with Crippen LogP contribution in [0, 0.1) is 0 Å². The number of aryl methyl sites for hydroxylation is 1. The zero-order valence-electron chi connectivity index (χ0n) is 14.3. The summed E-state index contributed by atoms with van der Waals surface area (Å²) in [6, 6.07) is 20.8. The van der Waals surface area contributed by atoms with E-state index in [9.17, 15) is 0 Å². The smallest absolute Gasteiger partial charge is 0.158 e. The molecule has 0 aliphatic carbocycles. The first-order chi connectivity index (χ1) is 12.7. The molecule has 5 heteroatoms. The zero-order valence-corrected chi connectivity index (χ0v) is 14.3. The second-order valence-electron chi connectivity index (χ2n) is 6.45. The van der Waals surface area contributed by atoms with Gasteiger partial charge in [-0.3, -0.25) is 5.10 Å². The van der Waals surface area contributed by atoms with Gasteiger partial charge in [0.2, 0.25) is 0 Å². The number of rotatable bonds is 2. The summed E-state index contributed by atoms with van der Waals surface area (Å²) in [5.74, 6) is 0.468. The highest BCUT2D eigenvalue weighted by molar-refractivity contribution is 6.01. The number of aromatic nitrogens is 4. The van der Waals surface area contributed by atoms with Gasteiger partial charge in [0.25, 0.3) is 0 Å². The van der Waals surface area contributed by atoms with Gasteiger partial charge >= 0.3 is 0 Å². The van der Waals surface area contributed by atoms with Gasteiger partial charge < -0.3 is 10.3 Å². The fourth-order valence-electron chi connectivity index (χ4n) is 3.47. The number of H-pyrrole nitrogens is 1. The van der Waals surface area contributed by atoms with E-state index < -0.39 is 0 Å². The molecule has 0 saturated heterocycles. The van der Waals surface area contributed by atoms with Crippen molar-refractivity contribution in [3.8, 4) is 22.4 Å². The van der Waals surface area contributed by atoms with Gasteiger partial charge in [-0.15, -0.1) is 0 Å². The standard InChI is InChI=1S/C21H17N5/c1-26-10-9-14-7-8-15(11-18(14)26)17-12-16(13-5-3-2-4-6-13)19-20(22)24-25-21(19)23-17/h2-12H,1H3,(H3,22,23,24,25). The van der Waals surface area contributed by atoms with E-state index in [1.54, 1.807) is 0 Å². The maximum absolute atomic E-state index is 6.10. The summed E-state index contributed by atoms with van der Waals surface area (Å²) in [6.07, 6.45) is 2.07. The van der Waals surface area contributed by atoms with Crippen LogP contribution in [0.3, 0.4) is 0 Å². The van der Waals surface area contributed by atoms with Crippen LogP contribution in [0.1, 0.15) is 0 Å². The van der Waals surface area contributed by atoms with Gasteiger partial charge in [-0.25, -0.2) is 4.98 Å². The summed E-state index contributed by atoms with van der Waals surface area (Å²) in [6.45, 7) is 0. The number of fused-ring (bicyclic) bond motifs is 2. The minimum Gasteiger partial charge on any atom is -0.382 e. The molecule has 0 saturated carbocycles. The molecule has 0 aliphatic rings. The maximum atomic E-state index is 6.10. The third-order valence-electron chi connectivity index (χ3n) is 4.83. The van der Waals surface area contributed by atoms with Crippen LogP contribution in [0.5, 0.6) is 0 Å². The fourth-order valence-corrected chi connectivity index (χ4v) is 3.47. The topological polar surface area (TPSA) is 72.5 Å². The molecule has 3 aromatic heterocycles. The Balaban J connectivity index is 1.79. The highest BCUT2D eigenvalue weighted by Crippen LogP contribution is 2.34. The molecule has 0 unspecified atom stereocenters. The first-order valence-electron chi connectivity index (χ1n) is 8.46. The Morgan fingerprint density at radius 2 is 1.81 bits per heavy atom. The van der Waals surface area contributed by atoms with Gasteiger partial charge in [-0.1, -0.05) is 42.5 Å². The van der Waals surface area contributed by atoms with E-state index in [0.717, 1.165) is 27.8 Å². The molecule has 2 aromatic carbocycles. The summed E-state index contributed by atoms with van der Waals surface area (Å²) >= 11 is 0. The van der Waals surface area contributed by atoms with Gasteiger partial charge in [0.1, 0.15) is 0 Å². The van der Waals surface area contributed by atoms with Crippen LogP contribution in [0.2, 0.25) is 0 Å².